The predicted octanol–water partition coefficient (Wildman–Crippen LogP) is 3.64. The standard InChI is InChI=1S/C23H30N4O/c1-16-17(2)27(18(3)28)22-10-9-20(26-13-11-24-12-14-26)15-21(22)23(16)25-19-7-5-4-6-8-19/h4-10,15-17,23-25H,11-14H2,1-3H3/t16-,17-,23+/m0/s1. The first-order valence-corrected chi connectivity index (χ1v) is 10.3. The number of fused-ring (bicyclic) bond motifs is 1. The Bertz CT molecular complexity index is 832. The number of rotatable bonds is 3. The van der Waals surface area contributed by atoms with E-state index in [1.165, 1.54) is 11.3 Å². The van der Waals surface area contributed by atoms with Crippen molar-refractivity contribution in [2.24, 2.45) is 5.92 Å². The van der Waals surface area contributed by atoms with Gasteiger partial charge in [-0.25, -0.2) is 0 Å². The van der Waals surface area contributed by atoms with Crippen molar-refractivity contribution in [1.82, 2.24) is 5.32 Å². The van der Waals surface area contributed by atoms with E-state index < -0.39 is 0 Å². The molecule has 0 bridgehead atoms. The quantitative estimate of drug-likeness (QED) is 0.856. The van der Waals surface area contributed by atoms with Crippen LogP contribution in [0.2, 0.25) is 0 Å². The molecular formula is C23H30N4O. The molecule has 2 aliphatic heterocycles. The summed E-state index contributed by atoms with van der Waals surface area (Å²) in [6.07, 6.45) is 0. The number of para-hydroxylation sites is 1. The normalized spacial score (nSPS) is 24.6. The van der Waals surface area contributed by atoms with Crippen LogP contribution in [0, 0.1) is 5.92 Å². The monoisotopic (exact) mass is 378 g/mol. The highest BCUT2D eigenvalue weighted by Gasteiger charge is 2.38. The van der Waals surface area contributed by atoms with Gasteiger partial charge in [0.05, 0.1) is 6.04 Å². The van der Waals surface area contributed by atoms with Crippen molar-refractivity contribution < 1.29 is 4.79 Å². The predicted molar refractivity (Wildman–Crippen MR) is 116 cm³/mol. The van der Waals surface area contributed by atoms with Gasteiger partial charge in [0.2, 0.25) is 5.91 Å². The second kappa shape index (κ2) is 7.84. The van der Waals surface area contributed by atoms with Crippen molar-refractivity contribution in [3.8, 4) is 0 Å². The minimum atomic E-state index is 0.105. The molecule has 2 heterocycles. The zero-order chi connectivity index (χ0) is 19.7. The lowest BCUT2D eigenvalue weighted by molar-refractivity contribution is -0.117. The summed E-state index contributed by atoms with van der Waals surface area (Å²) in [4.78, 5) is 16.8. The SMILES string of the molecule is CC(=O)N1c2ccc(N3CCNCC3)cc2[C@H](Nc2ccccc2)[C@@H](C)[C@@H]1C. The van der Waals surface area contributed by atoms with Crippen molar-refractivity contribution in [2.45, 2.75) is 32.9 Å². The van der Waals surface area contributed by atoms with Gasteiger partial charge in [-0.3, -0.25) is 4.79 Å². The van der Waals surface area contributed by atoms with E-state index in [2.05, 4.69) is 71.8 Å². The first-order chi connectivity index (χ1) is 13.6. The topological polar surface area (TPSA) is 47.6 Å². The number of nitrogens with one attached hydrogen (secondary N) is 2. The lowest BCUT2D eigenvalue weighted by Gasteiger charge is -2.44. The molecule has 148 valence electrons. The Balaban J connectivity index is 1.76. The van der Waals surface area contributed by atoms with Crippen LogP contribution in [0.5, 0.6) is 0 Å². The zero-order valence-electron chi connectivity index (χ0n) is 17.0. The molecule has 1 amide bonds. The smallest absolute Gasteiger partial charge is 0.224 e. The van der Waals surface area contributed by atoms with Gasteiger partial charge in [0.15, 0.2) is 0 Å². The molecule has 0 saturated carbocycles. The number of benzene rings is 2. The molecule has 0 aliphatic carbocycles. The third kappa shape index (κ3) is 3.47. The van der Waals surface area contributed by atoms with Gasteiger partial charge < -0.3 is 20.4 Å². The molecule has 0 radical (unpaired) electrons. The Labute approximate surface area is 167 Å². The second-order valence-corrected chi connectivity index (χ2v) is 7.96. The maximum atomic E-state index is 12.5. The van der Waals surface area contributed by atoms with E-state index in [4.69, 9.17) is 0 Å². The molecule has 1 saturated heterocycles. The molecule has 5 nitrogen and oxygen atoms in total. The summed E-state index contributed by atoms with van der Waals surface area (Å²) < 4.78 is 0. The number of carbonyl (C=O) groups is 1. The van der Waals surface area contributed by atoms with Gasteiger partial charge in [0.25, 0.3) is 0 Å². The van der Waals surface area contributed by atoms with Crippen molar-refractivity contribution in [3.63, 3.8) is 0 Å². The number of nitrogens with zero attached hydrogens (tertiary/aromatic N) is 2. The molecule has 28 heavy (non-hydrogen) atoms. The first-order valence-electron chi connectivity index (χ1n) is 10.3. The highest BCUT2D eigenvalue weighted by Crippen LogP contribution is 2.44. The minimum absolute atomic E-state index is 0.105. The summed E-state index contributed by atoms with van der Waals surface area (Å²) in [5, 5.41) is 7.15. The van der Waals surface area contributed by atoms with Crippen LogP contribution in [0.25, 0.3) is 0 Å². The molecule has 2 N–H and O–H groups in total. The highest BCUT2D eigenvalue weighted by molar-refractivity contribution is 5.94. The van der Waals surface area contributed by atoms with Crippen LogP contribution in [-0.2, 0) is 4.79 Å². The third-order valence-electron chi connectivity index (χ3n) is 6.22. The average Bonchev–Trinajstić information content (AvgIpc) is 2.72. The number of anilines is 3. The summed E-state index contributed by atoms with van der Waals surface area (Å²) in [7, 11) is 0. The number of amides is 1. The molecule has 2 aromatic carbocycles. The molecule has 0 spiro atoms. The summed E-state index contributed by atoms with van der Waals surface area (Å²) in [5.41, 5.74) is 4.60. The summed E-state index contributed by atoms with van der Waals surface area (Å²) in [6, 6.07) is 17.2. The maximum absolute atomic E-state index is 12.5. The highest BCUT2D eigenvalue weighted by atomic mass is 16.2. The first kappa shape index (κ1) is 18.8. The lowest BCUT2D eigenvalue weighted by Crippen LogP contribution is -2.48. The maximum Gasteiger partial charge on any atom is 0.224 e. The van der Waals surface area contributed by atoms with Gasteiger partial charge in [-0.2, -0.15) is 0 Å². The number of carbonyl (C=O) groups excluding carboxylic acids is 1. The molecule has 0 unspecified atom stereocenters. The van der Waals surface area contributed by atoms with Crippen LogP contribution in [-0.4, -0.2) is 38.1 Å². The molecular weight excluding hydrogens is 348 g/mol. The molecule has 3 atom stereocenters. The van der Waals surface area contributed by atoms with E-state index in [1.54, 1.807) is 6.92 Å². The van der Waals surface area contributed by atoms with Crippen molar-refractivity contribution >= 4 is 23.0 Å². The van der Waals surface area contributed by atoms with E-state index in [-0.39, 0.29) is 23.9 Å². The van der Waals surface area contributed by atoms with Gasteiger partial charge in [-0.15, -0.1) is 0 Å². The molecule has 4 rings (SSSR count). The largest absolute Gasteiger partial charge is 0.378 e. The minimum Gasteiger partial charge on any atom is -0.378 e. The Morgan fingerprint density at radius 2 is 1.79 bits per heavy atom. The molecule has 2 aliphatic rings. The van der Waals surface area contributed by atoms with E-state index >= 15 is 0 Å². The second-order valence-electron chi connectivity index (χ2n) is 7.96. The van der Waals surface area contributed by atoms with E-state index in [0.29, 0.717) is 0 Å². The Morgan fingerprint density at radius 3 is 2.46 bits per heavy atom. The summed E-state index contributed by atoms with van der Waals surface area (Å²) in [6.45, 7) is 10.1. The number of hydrogen-bond donors (Lipinski definition) is 2. The average molecular weight is 379 g/mol. The van der Waals surface area contributed by atoms with Crippen LogP contribution in [0.1, 0.15) is 32.4 Å². The van der Waals surface area contributed by atoms with Gasteiger partial charge in [0.1, 0.15) is 0 Å². The fourth-order valence-electron chi connectivity index (χ4n) is 4.53. The summed E-state index contributed by atoms with van der Waals surface area (Å²) >= 11 is 0. The van der Waals surface area contributed by atoms with E-state index in [9.17, 15) is 4.79 Å². The van der Waals surface area contributed by atoms with Gasteiger partial charge in [-0.05, 0) is 37.3 Å². The Kier molecular flexibility index (Phi) is 5.27. The molecule has 5 heteroatoms. The van der Waals surface area contributed by atoms with Gasteiger partial charge in [-0.1, -0.05) is 25.1 Å². The Hall–Kier alpha value is -2.53. The van der Waals surface area contributed by atoms with Crippen molar-refractivity contribution in [3.05, 3.63) is 54.1 Å². The fraction of sp³-hybridized carbons (Fsp3) is 0.435. The zero-order valence-corrected chi connectivity index (χ0v) is 17.0. The van der Waals surface area contributed by atoms with Gasteiger partial charge in [0, 0.05) is 67.7 Å². The number of piperazine rings is 1. The van der Waals surface area contributed by atoms with E-state index in [1.807, 2.05) is 11.0 Å². The van der Waals surface area contributed by atoms with Crippen LogP contribution in [0.15, 0.2) is 48.5 Å². The summed E-state index contributed by atoms with van der Waals surface area (Å²) in [5.74, 6) is 0.392. The van der Waals surface area contributed by atoms with Crippen LogP contribution in [0.4, 0.5) is 17.1 Å². The van der Waals surface area contributed by atoms with Gasteiger partial charge >= 0.3 is 0 Å². The van der Waals surface area contributed by atoms with Crippen LogP contribution < -0.4 is 20.4 Å². The third-order valence-corrected chi connectivity index (χ3v) is 6.22. The Morgan fingerprint density at radius 1 is 1.07 bits per heavy atom. The van der Waals surface area contributed by atoms with Crippen molar-refractivity contribution in [2.75, 3.05) is 41.3 Å². The fourth-order valence-corrected chi connectivity index (χ4v) is 4.53. The van der Waals surface area contributed by atoms with Crippen LogP contribution >= 0.6 is 0 Å². The number of hydrogen-bond acceptors (Lipinski definition) is 4. The van der Waals surface area contributed by atoms with E-state index in [0.717, 1.165) is 37.6 Å². The molecule has 0 aromatic heterocycles. The molecule has 2 aromatic rings. The van der Waals surface area contributed by atoms with Crippen LogP contribution in [0.3, 0.4) is 0 Å². The molecule has 1 fully saturated rings. The lowest BCUT2D eigenvalue weighted by atomic mass is 9.82. The van der Waals surface area contributed by atoms with Crippen molar-refractivity contribution in [1.29, 1.82) is 0 Å².